The third-order valence-electron chi connectivity index (χ3n) is 2.97. The lowest BCUT2D eigenvalue weighted by Gasteiger charge is -2.02. The Morgan fingerprint density at radius 3 is 2.60 bits per heavy atom. The molecule has 1 N–H and O–H groups in total. The molecule has 1 aliphatic rings. The molecular weight excluding hydrogens is 183 g/mol. The van der Waals surface area contributed by atoms with Crippen LogP contribution in [0.4, 0.5) is 0 Å². The van der Waals surface area contributed by atoms with Gasteiger partial charge in [0.2, 0.25) is 0 Å². The summed E-state index contributed by atoms with van der Waals surface area (Å²) in [5.74, 6) is 0. The topological polar surface area (TPSA) is 20.2 Å². The van der Waals surface area contributed by atoms with Gasteiger partial charge >= 0.3 is 7.48 Å². The molecule has 2 heteroatoms. The van der Waals surface area contributed by atoms with Crippen LogP contribution >= 0.6 is 0 Å². The van der Waals surface area contributed by atoms with Crippen molar-refractivity contribution in [1.82, 2.24) is 0 Å². The molecule has 0 heterocycles. The highest BCUT2D eigenvalue weighted by Crippen LogP contribution is 2.35. The van der Waals surface area contributed by atoms with Gasteiger partial charge in [0.15, 0.2) is 0 Å². The molecule has 15 heavy (non-hydrogen) atoms. The predicted molar refractivity (Wildman–Crippen MR) is 62.3 cm³/mol. The molecule has 71 valence electrons. The maximum absolute atomic E-state index is 8.99. The summed E-state index contributed by atoms with van der Waals surface area (Å²) in [6.07, 6.45) is 1.01. The van der Waals surface area contributed by atoms with Crippen molar-refractivity contribution in [2.24, 2.45) is 0 Å². The van der Waals surface area contributed by atoms with Crippen LogP contribution in [-0.4, -0.2) is 12.5 Å². The van der Waals surface area contributed by atoms with E-state index >= 15 is 0 Å². The van der Waals surface area contributed by atoms with E-state index in [1.807, 2.05) is 12.1 Å². The van der Waals surface area contributed by atoms with Crippen molar-refractivity contribution in [2.45, 2.75) is 6.42 Å². The van der Waals surface area contributed by atoms with Gasteiger partial charge in [-0.2, -0.15) is 0 Å². The van der Waals surface area contributed by atoms with E-state index in [4.69, 9.17) is 5.02 Å². The largest absolute Gasteiger partial charge is 0.450 e. The second kappa shape index (κ2) is 3.25. The number of benzene rings is 2. The maximum atomic E-state index is 8.99. The molecule has 2 aromatic carbocycles. The van der Waals surface area contributed by atoms with E-state index in [1.165, 1.54) is 22.3 Å². The van der Waals surface area contributed by atoms with E-state index in [1.54, 1.807) is 0 Å². The van der Waals surface area contributed by atoms with Gasteiger partial charge in [-0.1, -0.05) is 47.9 Å². The van der Waals surface area contributed by atoms with Gasteiger partial charge < -0.3 is 5.02 Å². The van der Waals surface area contributed by atoms with E-state index in [2.05, 4.69) is 30.3 Å². The summed E-state index contributed by atoms with van der Waals surface area (Å²) >= 11 is 0. The number of fused-ring (bicyclic) bond motifs is 3. The van der Waals surface area contributed by atoms with Crippen molar-refractivity contribution >= 4 is 12.9 Å². The average Bonchev–Trinajstić information content (AvgIpc) is 2.66. The Balaban J connectivity index is 2.22. The Labute approximate surface area is 89.7 Å². The van der Waals surface area contributed by atoms with Gasteiger partial charge in [0.25, 0.3) is 0 Å². The number of hydrogen-bond donors (Lipinski definition) is 1. The second-order valence-electron chi connectivity index (χ2n) is 3.88. The summed E-state index contributed by atoms with van der Waals surface area (Å²) in [4.78, 5) is 0. The maximum Gasteiger partial charge on any atom is 0.326 e. The van der Waals surface area contributed by atoms with Crippen LogP contribution < -0.4 is 5.46 Å². The molecule has 2 aromatic rings. The van der Waals surface area contributed by atoms with Crippen molar-refractivity contribution in [3.8, 4) is 11.1 Å². The van der Waals surface area contributed by atoms with Crippen LogP contribution in [0.15, 0.2) is 42.5 Å². The Kier molecular flexibility index (Phi) is 1.89. The summed E-state index contributed by atoms with van der Waals surface area (Å²) < 4.78 is 0. The molecule has 0 atom stereocenters. The fourth-order valence-corrected chi connectivity index (χ4v) is 2.22. The van der Waals surface area contributed by atoms with Crippen LogP contribution in [0.1, 0.15) is 11.1 Å². The fourth-order valence-electron chi connectivity index (χ4n) is 2.22. The molecule has 3 rings (SSSR count). The van der Waals surface area contributed by atoms with Crippen LogP contribution in [-0.2, 0) is 6.42 Å². The van der Waals surface area contributed by atoms with Crippen LogP contribution in [0.3, 0.4) is 0 Å². The normalized spacial score (nSPS) is 12.1. The van der Waals surface area contributed by atoms with Crippen LogP contribution in [0.25, 0.3) is 11.1 Å². The Morgan fingerprint density at radius 2 is 1.73 bits per heavy atom. The highest BCUT2D eigenvalue weighted by Gasteiger charge is 2.17. The predicted octanol–water partition coefficient (Wildman–Crippen LogP) is 1.49. The summed E-state index contributed by atoms with van der Waals surface area (Å²) in [5, 5.41) is 8.99. The van der Waals surface area contributed by atoms with Crippen molar-refractivity contribution in [3.63, 3.8) is 0 Å². The Bertz CT molecular complexity index is 520. The first-order valence-corrected chi connectivity index (χ1v) is 5.07. The zero-order chi connectivity index (χ0) is 10.3. The quantitative estimate of drug-likeness (QED) is 0.580. The first-order chi connectivity index (χ1) is 7.38. The first kappa shape index (κ1) is 8.75. The molecule has 0 saturated carbocycles. The summed E-state index contributed by atoms with van der Waals surface area (Å²) in [5.41, 5.74) is 6.15. The SMILES string of the molecule is O[B]c1ccc2c(c1)-c1ccccc1C2. The molecule has 0 unspecified atom stereocenters. The van der Waals surface area contributed by atoms with Gasteiger partial charge in [0, 0.05) is 0 Å². The first-order valence-electron chi connectivity index (χ1n) is 5.07. The fraction of sp³-hybridized carbons (Fsp3) is 0.0769. The zero-order valence-electron chi connectivity index (χ0n) is 8.27. The van der Waals surface area contributed by atoms with E-state index in [-0.39, 0.29) is 0 Å². The van der Waals surface area contributed by atoms with Crippen molar-refractivity contribution in [2.75, 3.05) is 0 Å². The van der Waals surface area contributed by atoms with Crippen molar-refractivity contribution in [1.29, 1.82) is 0 Å². The van der Waals surface area contributed by atoms with Gasteiger partial charge in [0.1, 0.15) is 0 Å². The molecule has 0 saturated heterocycles. The molecule has 0 aliphatic heterocycles. The monoisotopic (exact) mass is 193 g/mol. The van der Waals surface area contributed by atoms with Crippen LogP contribution in [0.2, 0.25) is 0 Å². The minimum Gasteiger partial charge on any atom is -0.450 e. The Morgan fingerprint density at radius 1 is 0.933 bits per heavy atom. The van der Waals surface area contributed by atoms with E-state index < -0.39 is 0 Å². The minimum absolute atomic E-state index is 0.866. The molecule has 1 nitrogen and oxygen atoms in total. The highest BCUT2D eigenvalue weighted by molar-refractivity contribution is 6.45. The van der Waals surface area contributed by atoms with Gasteiger partial charge in [-0.15, -0.1) is 0 Å². The smallest absolute Gasteiger partial charge is 0.326 e. The van der Waals surface area contributed by atoms with Gasteiger partial charge in [0.05, 0.1) is 0 Å². The summed E-state index contributed by atoms with van der Waals surface area (Å²) in [6, 6.07) is 14.5. The number of rotatable bonds is 1. The molecule has 1 radical (unpaired) electrons. The van der Waals surface area contributed by atoms with E-state index in [9.17, 15) is 0 Å². The molecular formula is C13H10BO. The zero-order valence-corrected chi connectivity index (χ0v) is 8.27. The molecule has 0 fully saturated rings. The highest BCUT2D eigenvalue weighted by atomic mass is 16.2. The van der Waals surface area contributed by atoms with E-state index in [0.29, 0.717) is 0 Å². The molecule has 1 aliphatic carbocycles. The molecule has 0 spiro atoms. The molecule has 0 amide bonds. The van der Waals surface area contributed by atoms with Gasteiger partial charge in [-0.3, -0.25) is 0 Å². The van der Waals surface area contributed by atoms with Crippen LogP contribution in [0.5, 0.6) is 0 Å². The lowest BCUT2D eigenvalue weighted by atomic mass is 9.86. The van der Waals surface area contributed by atoms with E-state index in [0.717, 1.165) is 19.4 Å². The number of hydrogen-bond acceptors (Lipinski definition) is 1. The van der Waals surface area contributed by atoms with Gasteiger partial charge in [-0.25, -0.2) is 0 Å². The third-order valence-corrected chi connectivity index (χ3v) is 2.97. The summed E-state index contributed by atoms with van der Waals surface area (Å²) in [7, 11) is 1.15. The standard InChI is InChI=1S/C13H10BO/c15-14-11-6-5-10-7-9-3-1-2-4-12(9)13(10)8-11/h1-6,8,15H,7H2. The molecule has 0 aromatic heterocycles. The second-order valence-corrected chi connectivity index (χ2v) is 3.88. The lowest BCUT2D eigenvalue weighted by Crippen LogP contribution is -2.12. The van der Waals surface area contributed by atoms with Crippen molar-refractivity contribution < 1.29 is 5.02 Å². The Hall–Kier alpha value is -1.54. The molecule has 0 bridgehead atoms. The average molecular weight is 193 g/mol. The van der Waals surface area contributed by atoms with Crippen molar-refractivity contribution in [3.05, 3.63) is 53.6 Å². The summed E-state index contributed by atoms with van der Waals surface area (Å²) in [6.45, 7) is 0. The minimum atomic E-state index is 0.866. The van der Waals surface area contributed by atoms with Gasteiger partial charge in [-0.05, 0) is 28.7 Å². The van der Waals surface area contributed by atoms with Crippen LogP contribution in [0, 0.1) is 0 Å². The lowest BCUT2D eigenvalue weighted by molar-refractivity contribution is 0.615. The third kappa shape index (κ3) is 1.30.